The molecule has 1 heterocycles. The van der Waals surface area contributed by atoms with Crippen LogP contribution in [0.4, 0.5) is 0 Å². The smallest absolute Gasteiger partial charge is 0.148 e. The summed E-state index contributed by atoms with van der Waals surface area (Å²) in [6.07, 6.45) is 0. The summed E-state index contributed by atoms with van der Waals surface area (Å²) in [6.45, 7) is 0. The fourth-order valence-electron chi connectivity index (χ4n) is 1.08. The quantitative estimate of drug-likeness (QED) is 0.590. The minimum Gasteiger partial charge on any atom is -0.505 e. The molecule has 1 aromatic heterocycles. The lowest BCUT2D eigenvalue weighted by Crippen LogP contribution is -1.82. The van der Waals surface area contributed by atoms with Crippen LogP contribution in [0.1, 0.15) is 0 Å². The average molecular weight is 271 g/mol. The second-order valence-corrected chi connectivity index (χ2v) is 3.51. The van der Waals surface area contributed by atoms with Crippen molar-refractivity contribution in [1.29, 1.82) is 0 Å². The lowest BCUT2D eigenvalue weighted by molar-refractivity contribution is 0.469. The molecule has 2 rings (SSSR count). The summed E-state index contributed by atoms with van der Waals surface area (Å²) in [4.78, 5) is 4.21. The van der Waals surface area contributed by atoms with Gasteiger partial charge in [-0.05, 0) is 34.7 Å². The van der Waals surface area contributed by atoms with E-state index in [1.54, 1.807) is 6.07 Å². The maximum atomic E-state index is 9.35. The number of rotatable bonds is 0. The van der Waals surface area contributed by atoms with Gasteiger partial charge in [-0.25, -0.2) is 4.98 Å². The highest BCUT2D eigenvalue weighted by Gasteiger charge is 2.00. The zero-order valence-electron chi connectivity index (χ0n) is 6.16. The highest BCUT2D eigenvalue weighted by atomic mass is 127. The molecule has 0 unspecified atom stereocenters. The van der Waals surface area contributed by atoms with E-state index in [4.69, 9.17) is 0 Å². The van der Waals surface area contributed by atoms with Gasteiger partial charge in [0.1, 0.15) is 9.45 Å². The number of hydrogen-bond donors (Lipinski definition) is 1. The number of pyridine rings is 1. The molecule has 0 aliphatic carbocycles. The van der Waals surface area contributed by atoms with Crippen LogP contribution in [0.3, 0.4) is 0 Å². The third kappa shape index (κ3) is 1.24. The zero-order chi connectivity index (χ0) is 8.55. The topological polar surface area (TPSA) is 33.1 Å². The van der Waals surface area contributed by atoms with Gasteiger partial charge in [0.25, 0.3) is 0 Å². The van der Waals surface area contributed by atoms with E-state index >= 15 is 0 Å². The minimum atomic E-state index is 0.245. The van der Waals surface area contributed by atoms with Crippen LogP contribution in [0.2, 0.25) is 0 Å². The van der Waals surface area contributed by atoms with Gasteiger partial charge in [0.15, 0.2) is 0 Å². The summed E-state index contributed by atoms with van der Waals surface area (Å²) in [5.74, 6) is 0.245. The van der Waals surface area contributed by atoms with Gasteiger partial charge in [-0.2, -0.15) is 0 Å². The normalized spacial score (nSPS) is 10.4. The van der Waals surface area contributed by atoms with Crippen molar-refractivity contribution in [3.05, 3.63) is 34.0 Å². The highest BCUT2D eigenvalue weighted by Crippen LogP contribution is 2.22. The number of hydrogen-bond acceptors (Lipinski definition) is 2. The van der Waals surface area contributed by atoms with E-state index < -0.39 is 0 Å². The number of aromatic nitrogens is 1. The van der Waals surface area contributed by atoms with Gasteiger partial charge in [0.05, 0.1) is 5.52 Å². The Balaban J connectivity index is 2.84. The first kappa shape index (κ1) is 7.79. The van der Waals surface area contributed by atoms with Gasteiger partial charge in [0, 0.05) is 5.39 Å². The summed E-state index contributed by atoms with van der Waals surface area (Å²) in [6, 6.07) is 9.44. The summed E-state index contributed by atoms with van der Waals surface area (Å²) in [5.41, 5.74) is 0.916. The Bertz CT molecular complexity index is 387. The monoisotopic (exact) mass is 271 g/mol. The minimum absolute atomic E-state index is 0.245. The third-order valence-electron chi connectivity index (χ3n) is 1.66. The zero-order valence-corrected chi connectivity index (χ0v) is 8.32. The Morgan fingerprint density at radius 1 is 1.25 bits per heavy atom. The van der Waals surface area contributed by atoms with Crippen LogP contribution in [0.5, 0.6) is 5.75 Å². The molecular formula is C9H6INO. The number of nitrogens with zero attached hydrogens (tertiary/aromatic N) is 1. The van der Waals surface area contributed by atoms with Gasteiger partial charge in [0.2, 0.25) is 0 Å². The molecule has 12 heavy (non-hydrogen) atoms. The molecule has 0 saturated heterocycles. The molecule has 0 aliphatic heterocycles. The lowest BCUT2D eigenvalue weighted by Gasteiger charge is -1.99. The largest absolute Gasteiger partial charge is 0.505 e. The Morgan fingerprint density at radius 2 is 2.00 bits per heavy atom. The summed E-state index contributed by atoms with van der Waals surface area (Å²) < 4.78 is 0.645. The molecule has 0 bridgehead atoms. The molecule has 0 saturated carbocycles. The fraction of sp³-hybridized carbons (Fsp3) is 0. The van der Waals surface area contributed by atoms with E-state index in [1.165, 1.54) is 0 Å². The van der Waals surface area contributed by atoms with Gasteiger partial charge >= 0.3 is 0 Å². The Morgan fingerprint density at radius 3 is 2.83 bits per heavy atom. The maximum Gasteiger partial charge on any atom is 0.148 e. The van der Waals surface area contributed by atoms with Gasteiger partial charge in [-0.1, -0.05) is 18.2 Å². The molecular weight excluding hydrogens is 265 g/mol. The molecule has 2 nitrogen and oxygen atoms in total. The van der Waals surface area contributed by atoms with Crippen molar-refractivity contribution >= 4 is 33.5 Å². The Kier molecular flexibility index (Phi) is 1.88. The van der Waals surface area contributed by atoms with Crippen molar-refractivity contribution in [2.24, 2.45) is 0 Å². The SMILES string of the molecule is Oc1cc2ccccc2nc1I. The van der Waals surface area contributed by atoms with Crippen molar-refractivity contribution in [2.75, 3.05) is 0 Å². The average Bonchev–Trinajstić information content (AvgIpc) is 2.07. The molecule has 0 radical (unpaired) electrons. The second-order valence-electron chi connectivity index (χ2n) is 2.49. The molecule has 1 N–H and O–H groups in total. The van der Waals surface area contributed by atoms with E-state index in [-0.39, 0.29) is 5.75 Å². The first-order valence-corrected chi connectivity index (χ1v) is 4.59. The van der Waals surface area contributed by atoms with E-state index in [1.807, 2.05) is 46.9 Å². The van der Waals surface area contributed by atoms with Crippen molar-refractivity contribution in [1.82, 2.24) is 4.98 Å². The molecule has 0 spiro atoms. The number of benzene rings is 1. The number of aromatic hydroxyl groups is 1. The Labute approximate surface area is 83.4 Å². The predicted molar refractivity (Wildman–Crippen MR) is 56.1 cm³/mol. The molecule has 0 atom stereocenters. The number of fused-ring (bicyclic) bond motifs is 1. The van der Waals surface area contributed by atoms with Gasteiger partial charge < -0.3 is 5.11 Å². The van der Waals surface area contributed by atoms with Crippen LogP contribution >= 0.6 is 22.6 Å². The van der Waals surface area contributed by atoms with Crippen molar-refractivity contribution in [2.45, 2.75) is 0 Å². The fourth-order valence-corrected chi connectivity index (χ4v) is 1.50. The van der Waals surface area contributed by atoms with E-state index in [0.717, 1.165) is 10.9 Å². The van der Waals surface area contributed by atoms with Crippen LogP contribution in [-0.4, -0.2) is 10.1 Å². The lowest BCUT2D eigenvalue weighted by atomic mass is 10.2. The number of halogens is 1. The molecule has 2 aromatic rings. The van der Waals surface area contributed by atoms with Gasteiger partial charge in [-0.3, -0.25) is 0 Å². The van der Waals surface area contributed by atoms with Crippen LogP contribution in [0.25, 0.3) is 10.9 Å². The first-order chi connectivity index (χ1) is 5.77. The van der Waals surface area contributed by atoms with E-state index in [9.17, 15) is 5.11 Å². The predicted octanol–water partition coefficient (Wildman–Crippen LogP) is 2.55. The van der Waals surface area contributed by atoms with Crippen LogP contribution in [0.15, 0.2) is 30.3 Å². The summed E-state index contributed by atoms with van der Waals surface area (Å²) in [5, 5.41) is 10.3. The van der Waals surface area contributed by atoms with Crippen molar-refractivity contribution in [3.63, 3.8) is 0 Å². The molecule has 3 heteroatoms. The number of para-hydroxylation sites is 1. The Hall–Kier alpha value is -0.840. The van der Waals surface area contributed by atoms with Crippen LogP contribution in [0, 0.1) is 3.70 Å². The van der Waals surface area contributed by atoms with Crippen LogP contribution < -0.4 is 0 Å². The first-order valence-electron chi connectivity index (χ1n) is 3.51. The maximum absolute atomic E-state index is 9.35. The highest BCUT2D eigenvalue weighted by molar-refractivity contribution is 14.1. The standard InChI is InChI=1S/C9H6INO/c10-9-8(12)5-6-3-1-2-4-7(6)11-9/h1-5,12H. The van der Waals surface area contributed by atoms with Crippen molar-refractivity contribution in [3.8, 4) is 5.75 Å². The summed E-state index contributed by atoms with van der Waals surface area (Å²) >= 11 is 2.01. The van der Waals surface area contributed by atoms with Crippen LogP contribution in [-0.2, 0) is 0 Å². The third-order valence-corrected chi connectivity index (χ3v) is 2.45. The van der Waals surface area contributed by atoms with Gasteiger partial charge in [-0.15, -0.1) is 0 Å². The van der Waals surface area contributed by atoms with E-state index in [2.05, 4.69) is 4.98 Å². The molecule has 0 amide bonds. The molecule has 0 fully saturated rings. The summed E-state index contributed by atoms with van der Waals surface area (Å²) in [7, 11) is 0. The molecule has 1 aromatic carbocycles. The second kappa shape index (κ2) is 2.90. The van der Waals surface area contributed by atoms with Crippen molar-refractivity contribution < 1.29 is 5.11 Å². The molecule has 60 valence electrons. The van der Waals surface area contributed by atoms with E-state index in [0.29, 0.717) is 3.70 Å². The molecule has 0 aliphatic rings.